The van der Waals surface area contributed by atoms with E-state index in [9.17, 15) is 0 Å². The Morgan fingerprint density at radius 1 is 1.06 bits per heavy atom. The zero-order chi connectivity index (χ0) is 13.0. The van der Waals surface area contributed by atoms with Crippen LogP contribution in [0.2, 0.25) is 0 Å². The number of likely N-dealkylation sites (N-methyl/N-ethyl adjacent to an activating group) is 1. The van der Waals surface area contributed by atoms with Gasteiger partial charge >= 0.3 is 0 Å². The Morgan fingerprint density at radius 3 is 2.39 bits per heavy atom. The molecular weight excluding hydrogens is 220 g/mol. The Kier molecular flexibility index (Phi) is 5.08. The van der Waals surface area contributed by atoms with Crippen LogP contribution in [-0.2, 0) is 0 Å². The third-order valence-electron chi connectivity index (χ3n) is 5.39. The van der Waals surface area contributed by atoms with Crippen LogP contribution in [0, 0.1) is 5.92 Å². The largest absolute Gasteiger partial charge is 0.312 e. The van der Waals surface area contributed by atoms with Crippen molar-refractivity contribution < 1.29 is 0 Å². The van der Waals surface area contributed by atoms with Gasteiger partial charge in [-0.15, -0.1) is 0 Å². The fourth-order valence-corrected chi connectivity index (χ4v) is 3.95. The van der Waals surface area contributed by atoms with Crippen LogP contribution in [-0.4, -0.2) is 37.1 Å². The van der Waals surface area contributed by atoms with Crippen LogP contribution in [0.4, 0.5) is 0 Å². The highest BCUT2D eigenvalue weighted by Crippen LogP contribution is 2.32. The highest BCUT2D eigenvalue weighted by Gasteiger charge is 2.34. The Hall–Kier alpha value is -0.0800. The van der Waals surface area contributed by atoms with Gasteiger partial charge in [0.2, 0.25) is 0 Å². The van der Waals surface area contributed by atoms with Crippen LogP contribution < -0.4 is 5.32 Å². The maximum atomic E-state index is 3.90. The van der Waals surface area contributed by atoms with Crippen molar-refractivity contribution in [3.05, 3.63) is 0 Å². The second kappa shape index (κ2) is 6.38. The Morgan fingerprint density at radius 2 is 1.78 bits per heavy atom. The van der Waals surface area contributed by atoms with E-state index in [1.807, 2.05) is 0 Å². The normalized spacial score (nSPS) is 32.7. The van der Waals surface area contributed by atoms with Gasteiger partial charge in [0.1, 0.15) is 0 Å². The van der Waals surface area contributed by atoms with Gasteiger partial charge in [-0.2, -0.15) is 0 Å². The predicted molar refractivity (Wildman–Crippen MR) is 78.9 cm³/mol. The van der Waals surface area contributed by atoms with Crippen molar-refractivity contribution in [2.75, 3.05) is 20.6 Å². The van der Waals surface area contributed by atoms with E-state index in [0.717, 1.165) is 12.0 Å². The highest BCUT2D eigenvalue weighted by atomic mass is 15.2. The topological polar surface area (TPSA) is 15.3 Å². The zero-order valence-electron chi connectivity index (χ0n) is 12.7. The minimum Gasteiger partial charge on any atom is -0.312 e. The molecule has 2 heteroatoms. The molecule has 1 N–H and O–H groups in total. The molecule has 0 aromatic carbocycles. The fraction of sp³-hybridized carbons (Fsp3) is 1.00. The summed E-state index contributed by atoms with van der Waals surface area (Å²) in [5, 5.41) is 3.90. The molecule has 0 radical (unpaired) electrons. The van der Waals surface area contributed by atoms with Gasteiger partial charge in [0.15, 0.2) is 0 Å². The van der Waals surface area contributed by atoms with E-state index < -0.39 is 0 Å². The van der Waals surface area contributed by atoms with Crippen LogP contribution in [0.25, 0.3) is 0 Å². The first-order valence-corrected chi connectivity index (χ1v) is 8.03. The highest BCUT2D eigenvalue weighted by molar-refractivity contribution is 4.94. The average molecular weight is 252 g/mol. The second-order valence-electron chi connectivity index (χ2n) is 7.03. The lowest BCUT2D eigenvalue weighted by Gasteiger charge is -2.44. The minimum absolute atomic E-state index is 0.443. The molecule has 2 nitrogen and oxygen atoms in total. The number of nitrogens with one attached hydrogen (secondary N) is 1. The van der Waals surface area contributed by atoms with Crippen molar-refractivity contribution in [2.24, 2.45) is 5.92 Å². The van der Waals surface area contributed by atoms with Gasteiger partial charge in [-0.25, -0.2) is 0 Å². The summed E-state index contributed by atoms with van der Waals surface area (Å²) >= 11 is 0. The maximum absolute atomic E-state index is 3.90. The van der Waals surface area contributed by atoms with Crippen molar-refractivity contribution in [3.8, 4) is 0 Å². The molecule has 2 unspecified atom stereocenters. The standard InChI is InChI=1S/C16H32N2/c1-14-8-7-9-15(12-14)17-13-16(18(2)3)10-5-4-6-11-16/h14-15,17H,4-13H2,1-3H3. The molecule has 0 aliphatic heterocycles. The summed E-state index contributed by atoms with van der Waals surface area (Å²) in [5.74, 6) is 0.929. The quantitative estimate of drug-likeness (QED) is 0.825. The van der Waals surface area contributed by atoms with Gasteiger partial charge < -0.3 is 10.2 Å². The average Bonchev–Trinajstić information content (AvgIpc) is 2.37. The van der Waals surface area contributed by atoms with Crippen LogP contribution in [0.3, 0.4) is 0 Å². The van der Waals surface area contributed by atoms with Gasteiger partial charge in [0.05, 0.1) is 0 Å². The first kappa shape index (κ1) is 14.3. The summed E-state index contributed by atoms with van der Waals surface area (Å²) in [5.41, 5.74) is 0.443. The van der Waals surface area contributed by atoms with Crippen molar-refractivity contribution in [1.82, 2.24) is 10.2 Å². The Labute approximate surface area is 114 Å². The van der Waals surface area contributed by atoms with Crippen molar-refractivity contribution in [3.63, 3.8) is 0 Å². The van der Waals surface area contributed by atoms with E-state index >= 15 is 0 Å². The molecule has 106 valence electrons. The number of hydrogen-bond acceptors (Lipinski definition) is 2. The molecule has 0 amide bonds. The van der Waals surface area contributed by atoms with Crippen LogP contribution in [0.1, 0.15) is 64.7 Å². The molecule has 0 heterocycles. The summed E-state index contributed by atoms with van der Waals surface area (Å²) in [4.78, 5) is 2.49. The van der Waals surface area contributed by atoms with Gasteiger partial charge in [0.25, 0.3) is 0 Å². The van der Waals surface area contributed by atoms with E-state index in [1.54, 1.807) is 0 Å². The lowest BCUT2D eigenvalue weighted by atomic mass is 9.79. The third kappa shape index (κ3) is 3.48. The molecule has 2 fully saturated rings. The Bertz CT molecular complexity index is 243. The fourth-order valence-electron chi connectivity index (χ4n) is 3.95. The molecule has 0 aromatic heterocycles. The molecular formula is C16H32N2. The molecule has 2 rings (SSSR count). The monoisotopic (exact) mass is 252 g/mol. The number of hydrogen-bond donors (Lipinski definition) is 1. The summed E-state index contributed by atoms with van der Waals surface area (Å²) in [6.07, 6.45) is 12.7. The minimum atomic E-state index is 0.443. The summed E-state index contributed by atoms with van der Waals surface area (Å²) < 4.78 is 0. The molecule has 2 aliphatic carbocycles. The third-order valence-corrected chi connectivity index (χ3v) is 5.39. The summed E-state index contributed by atoms with van der Waals surface area (Å²) in [6.45, 7) is 3.62. The first-order valence-electron chi connectivity index (χ1n) is 8.03. The molecule has 0 saturated heterocycles. The molecule has 18 heavy (non-hydrogen) atoms. The second-order valence-corrected chi connectivity index (χ2v) is 7.03. The molecule has 0 bridgehead atoms. The van der Waals surface area contributed by atoms with Gasteiger partial charge in [0, 0.05) is 18.1 Å². The predicted octanol–water partition coefficient (Wildman–Crippen LogP) is 3.42. The molecule has 2 aliphatic rings. The van der Waals surface area contributed by atoms with Gasteiger partial charge in [-0.05, 0) is 45.7 Å². The van der Waals surface area contributed by atoms with E-state index in [0.29, 0.717) is 5.54 Å². The van der Waals surface area contributed by atoms with Crippen LogP contribution in [0.15, 0.2) is 0 Å². The van der Waals surface area contributed by atoms with Crippen molar-refractivity contribution in [1.29, 1.82) is 0 Å². The van der Waals surface area contributed by atoms with E-state index in [-0.39, 0.29) is 0 Å². The molecule has 0 aromatic rings. The van der Waals surface area contributed by atoms with E-state index in [1.165, 1.54) is 64.3 Å². The van der Waals surface area contributed by atoms with Crippen LogP contribution in [0.5, 0.6) is 0 Å². The molecule has 2 atom stereocenters. The van der Waals surface area contributed by atoms with Crippen molar-refractivity contribution in [2.45, 2.75) is 76.3 Å². The van der Waals surface area contributed by atoms with E-state index in [4.69, 9.17) is 0 Å². The molecule has 0 spiro atoms. The molecule has 2 saturated carbocycles. The lowest BCUT2D eigenvalue weighted by Crippen LogP contribution is -2.54. The lowest BCUT2D eigenvalue weighted by molar-refractivity contribution is 0.0916. The smallest absolute Gasteiger partial charge is 0.0327 e. The zero-order valence-corrected chi connectivity index (χ0v) is 12.7. The van der Waals surface area contributed by atoms with E-state index in [2.05, 4.69) is 31.2 Å². The first-order chi connectivity index (χ1) is 8.62. The summed E-state index contributed by atoms with van der Waals surface area (Å²) in [7, 11) is 4.55. The summed E-state index contributed by atoms with van der Waals surface area (Å²) in [6, 6.07) is 0.785. The van der Waals surface area contributed by atoms with Crippen molar-refractivity contribution >= 4 is 0 Å². The van der Waals surface area contributed by atoms with Gasteiger partial charge in [-0.3, -0.25) is 0 Å². The number of rotatable bonds is 4. The number of nitrogens with zero attached hydrogens (tertiary/aromatic N) is 1. The Balaban J connectivity index is 1.85. The SMILES string of the molecule is CC1CCCC(NCC2(N(C)C)CCCCC2)C1. The van der Waals surface area contributed by atoms with Crippen LogP contribution >= 0.6 is 0 Å². The van der Waals surface area contributed by atoms with Gasteiger partial charge in [-0.1, -0.05) is 39.0 Å². The maximum Gasteiger partial charge on any atom is 0.0327 e.